The highest BCUT2D eigenvalue weighted by Crippen LogP contribution is 2.35. The van der Waals surface area contributed by atoms with E-state index in [1.807, 2.05) is 0 Å². The summed E-state index contributed by atoms with van der Waals surface area (Å²) < 4.78 is 21.2. The standard InChI is InChI=1S/C18H33FN2O/c1-6-8-10-11-12-14-18(4,13-9-7-2)21-17(22-5)16(19)15(3)20-21/h6-14H2,1-5H3. The number of methoxy groups -OCH3 is 1. The quantitative estimate of drug-likeness (QED) is 0.497. The topological polar surface area (TPSA) is 27.1 Å². The van der Waals surface area contributed by atoms with Crippen molar-refractivity contribution in [1.82, 2.24) is 9.78 Å². The van der Waals surface area contributed by atoms with E-state index in [9.17, 15) is 4.39 Å². The predicted molar refractivity (Wildman–Crippen MR) is 90.0 cm³/mol. The zero-order chi connectivity index (χ0) is 16.6. The summed E-state index contributed by atoms with van der Waals surface area (Å²) >= 11 is 0. The predicted octanol–water partition coefficient (Wildman–Crippen LogP) is 5.61. The average Bonchev–Trinajstić information content (AvgIpc) is 2.80. The van der Waals surface area contributed by atoms with Gasteiger partial charge in [0.25, 0.3) is 0 Å². The van der Waals surface area contributed by atoms with Crippen LogP contribution < -0.4 is 4.74 Å². The number of hydrogen-bond acceptors (Lipinski definition) is 2. The van der Waals surface area contributed by atoms with Gasteiger partial charge in [0, 0.05) is 0 Å². The normalized spacial score (nSPS) is 14.1. The first-order chi connectivity index (χ1) is 10.5. The third-order valence-corrected chi connectivity index (χ3v) is 4.54. The van der Waals surface area contributed by atoms with E-state index < -0.39 is 0 Å². The van der Waals surface area contributed by atoms with Crippen molar-refractivity contribution in [1.29, 1.82) is 0 Å². The molecule has 22 heavy (non-hydrogen) atoms. The first-order valence-electron chi connectivity index (χ1n) is 8.79. The molecule has 0 radical (unpaired) electrons. The van der Waals surface area contributed by atoms with Gasteiger partial charge in [0.2, 0.25) is 11.7 Å². The Morgan fingerprint density at radius 3 is 2.23 bits per heavy atom. The molecule has 1 aromatic heterocycles. The lowest BCUT2D eigenvalue weighted by Gasteiger charge is -2.31. The minimum absolute atomic E-state index is 0.164. The Balaban J connectivity index is 2.88. The number of ether oxygens (including phenoxy) is 1. The molecule has 128 valence electrons. The van der Waals surface area contributed by atoms with Crippen LogP contribution in [0.4, 0.5) is 4.39 Å². The molecule has 0 aliphatic carbocycles. The Kier molecular flexibility index (Phi) is 7.91. The molecule has 0 aliphatic rings. The third kappa shape index (κ3) is 4.72. The number of halogens is 1. The van der Waals surface area contributed by atoms with Crippen molar-refractivity contribution >= 4 is 0 Å². The number of unbranched alkanes of at least 4 members (excludes halogenated alkanes) is 5. The van der Waals surface area contributed by atoms with E-state index >= 15 is 0 Å². The maximum absolute atomic E-state index is 14.2. The molecule has 0 N–H and O–H groups in total. The lowest BCUT2D eigenvalue weighted by Crippen LogP contribution is -2.32. The summed E-state index contributed by atoms with van der Waals surface area (Å²) in [5, 5.41) is 4.44. The Morgan fingerprint density at radius 1 is 1.05 bits per heavy atom. The van der Waals surface area contributed by atoms with Crippen LogP contribution in [0.5, 0.6) is 5.88 Å². The fraction of sp³-hybridized carbons (Fsp3) is 0.833. The zero-order valence-electron chi connectivity index (χ0n) is 15.0. The molecule has 0 aromatic carbocycles. The van der Waals surface area contributed by atoms with Crippen molar-refractivity contribution in [3.63, 3.8) is 0 Å². The summed E-state index contributed by atoms with van der Waals surface area (Å²) in [5.41, 5.74) is 0.258. The lowest BCUT2D eigenvalue weighted by atomic mass is 9.88. The average molecular weight is 312 g/mol. The maximum atomic E-state index is 14.2. The van der Waals surface area contributed by atoms with Crippen molar-refractivity contribution in [3.8, 4) is 5.88 Å². The van der Waals surface area contributed by atoms with Gasteiger partial charge in [0.1, 0.15) is 0 Å². The zero-order valence-corrected chi connectivity index (χ0v) is 15.0. The van der Waals surface area contributed by atoms with Crippen LogP contribution in [0.1, 0.15) is 84.3 Å². The fourth-order valence-corrected chi connectivity index (χ4v) is 3.03. The SMILES string of the molecule is CCCCCCCC(C)(CCCC)n1nc(C)c(F)c1OC. The first kappa shape index (κ1) is 19.0. The van der Waals surface area contributed by atoms with Crippen LogP contribution in [0, 0.1) is 12.7 Å². The summed E-state index contributed by atoms with van der Waals surface area (Å²) in [6.07, 6.45) is 10.5. The Labute approximate surface area is 135 Å². The minimum atomic E-state index is -0.323. The van der Waals surface area contributed by atoms with Crippen LogP contribution in [-0.4, -0.2) is 16.9 Å². The second-order valence-electron chi connectivity index (χ2n) is 6.59. The van der Waals surface area contributed by atoms with Crippen LogP contribution >= 0.6 is 0 Å². The second kappa shape index (κ2) is 9.16. The molecule has 0 saturated heterocycles. The second-order valence-corrected chi connectivity index (χ2v) is 6.59. The molecular weight excluding hydrogens is 279 g/mol. The molecule has 1 unspecified atom stereocenters. The largest absolute Gasteiger partial charge is 0.479 e. The highest BCUT2D eigenvalue weighted by molar-refractivity contribution is 5.20. The molecule has 1 aromatic rings. The summed E-state index contributed by atoms with van der Waals surface area (Å²) in [5.74, 6) is -0.0409. The number of hydrogen-bond donors (Lipinski definition) is 0. The van der Waals surface area contributed by atoms with Gasteiger partial charge in [0.05, 0.1) is 18.3 Å². The van der Waals surface area contributed by atoms with Gasteiger partial charge in [-0.1, -0.05) is 58.8 Å². The Hall–Kier alpha value is -1.06. The van der Waals surface area contributed by atoms with Gasteiger partial charge in [-0.2, -0.15) is 9.49 Å². The van der Waals surface area contributed by atoms with Gasteiger partial charge >= 0.3 is 0 Å². The molecule has 0 amide bonds. The van der Waals surface area contributed by atoms with Gasteiger partial charge in [-0.05, 0) is 26.7 Å². The Morgan fingerprint density at radius 2 is 1.64 bits per heavy atom. The summed E-state index contributed by atoms with van der Waals surface area (Å²) in [7, 11) is 1.53. The van der Waals surface area contributed by atoms with Crippen molar-refractivity contribution in [2.24, 2.45) is 0 Å². The monoisotopic (exact) mass is 312 g/mol. The van der Waals surface area contributed by atoms with Crippen LogP contribution in [0.15, 0.2) is 0 Å². The van der Waals surface area contributed by atoms with E-state index in [2.05, 4.69) is 25.9 Å². The molecular formula is C18H33FN2O. The van der Waals surface area contributed by atoms with Gasteiger partial charge in [-0.3, -0.25) is 0 Å². The van der Waals surface area contributed by atoms with E-state index in [0.29, 0.717) is 5.69 Å². The van der Waals surface area contributed by atoms with Crippen LogP contribution in [0.3, 0.4) is 0 Å². The van der Waals surface area contributed by atoms with E-state index in [-0.39, 0.29) is 17.2 Å². The molecule has 0 bridgehead atoms. The number of rotatable bonds is 11. The molecule has 3 nitrogen and oxygen atoms in total. The van der Waals surface area contributed by atoms with Crippen molar-refractivity contribution in [3.05, 3.63) is 11.5 Å². The minimum Gasteiger partial charge on any atom is -0.479 e. The lowest BCUT2D eigenvalue weighted by molar-refractivity contribution is 0.196. The maximum Gasteiger partial charge on any atom is 0.249 e. The Bertz CT molecular complexity index is 445. The molecule has 0 saturated carbocycles. The molecule has 1 rings (SSSR count). The van der Waals surface area contributed by atoms with Crippen LogP contribution in [-0.2, 0) is 5.54 Å². The smallest absolute Gasteiger partial charge is 0.249 e. The van der Waals surface area contributed by atoms with Crippen molar-refractivity contribution < 1.29 is 9.13 Å². The highest BCUT2D eigenvalue weighted by Gasteiger charge is 2.32. The van der Waals surface area contributed by atoms with Crippen molar-refractivity contribution in [2.45, 2.75) is 91.0 Å². The van der Waals surface area contributed by atoms with Gasteiger partial charge in [0.15, 0.2) is 0 Å². The van der Waals surface area contributed by atoms with E-state index in [0.717, 1.165) is 32.1 Å². The number of aryl methyl sites for hydroxylation is 1. The molecule has 4 heteroatoms. The summed E-state index contributed by atoms with van der Waals surface area (Å²) in [6, 6.07) is 0. The van der Waals surface area contributed by atoms with E-state index in [1.165, 1.54) is 32.8 Å². The molecule has 0 aliphatic heterocycles. The summed E-state index contributed by atoms with van der Waals surface area (Å²) in [6.45, 7) is 8.31. The van der Waals surface area contributed by atoms with Crippen LogP contribution in [0.25, 0.3) is 0 Å². The highest BCUT2D eigenvalue weighted by atomic mass is 19.1. The van der Waals surface area contributed by atoms with Gasteiger partial charge in [-0.25, -0.2) is 4.68 Å². The molecule has 0 fully saturated rings. The van der Waals surface area contributed by atoms with E-state index in [1.54, 1.807) is 11.6 Å². The van der Waals surface area contributed by atoms with Gasteiger partial charge < -0.3 is 4.74 Å². The first-order valence-corrected chi connectivity index (χ1v) is 8.79. The molecule has 0 spiro atoms. The van der Waals surface area contributed by atoms with Crippen molar-refractivity contribution in [2.75, 3.05) is 7.11 Å². The molecule has 1 heterocycles. The third-order valence-electron chi connectivity index (χ3n) is 4.54. The fourth-order valence-electron chi connectivity index (χ4n) is 3.03. The number of aromatic nitrogens is 2. The van der Waals surface area contributed by atoms with Crippen LogP contribution in [0.2, 0.25) is 0 Å². The summed E-state index contributed by atoms with van der Waals surface area (Å²) in [4.78, 5) is 0. The molecule has 1 atom stereocenters. The van der Waals surface area contributed by atoms with Gasteiger partial charge in [-0.15, -0.1) is 0 Å². The number of nitrogens with zero attached hydrogens (tertiary/aromatic N) is 2. The van der Waals surface area contributed by atoms with E-state index in [4.69, 9.17) is 4.74 Å².